The Labute approximate surface area is 132 Å². The van der Waals surface area contributed by atoms with E-state index in [2.05, 4.69) is 70.8 Å². The van der Waals surface area contributed by atoms with Crippen LogP contribution in [0.5, 0.6) is 0 Å². The Balaban J connectivity index is 1.81. The molecule has 22 heavy (non-hydrogen) atoms. The molecule has 2 aromatic rings. The second kappa shape index (κ2) is 8.34. The summed E-state index contributed by atoms with van der Waals surface area (Å²) in [5.41, 5.74) is 2.51. The first-order chi connectivity index (χ1) is 10.6. The van der Waals surface area contributed by atoms with E-state index in [-0.39, 0.29) is 0 Å². The van der Waals surface area contributed by atoms with Crippen LogP contribution in [0.3, 0.4) is 0 Å². The fourth-order valence-corrected chi connectivity index (χ4v) is 2.04. The van der Waals surface area contributed by atoms with Gasteiger partial charge in [0.25, 0.3) is 0 Å². The molecule has 0 aliphatic carbocycles. The molecular weight excluding hydrogens is 274 g/mol. The molecule has 5 heteroatoms. The van der Waals surface area contributed by atoms with Crippen LogP contribution in [0.1, 0.15) is 17.5 Å². The van der Waals surface area contributed by atoms with Gasteiger partial charge in [0.1, 0.15) is 5.82 Å². The lowest BCUT2D eigenvalue weighted by Crippen LogP contribution is -2.17. The van der Waals surface area contributed by atoms with Gasteiger partial charge in [0.15, 0.2) is 0 Å². The van der Waals surface area contributed by atoms with Crippen molar-refractivity contribution in [3.05, 3.63) is 47.7 Å². The molecule has 0 fully saturated rings. The van der Waals surface area contributed by atoms with Crippen molar-refractivity contribution in [3.63, 3.8) is 0 Å². The monoisotopic (exact) mass is 299 g/mol. The van der Waals surface area contributed by atoms with E-state index in [0.29, 0.717) is 5.95 Å². The highest BCUT2D eigenvalue weighted by Gasteiger charge is 1.99. The zero-order valence-corrected chi connectivity index (χ0v) is 13.6. The standard InChI is InChI=1S/C17H25N5/c1-14-5-7-15(8-6-14)13-20-16-9-11-19-17(21-16)18-10-4-12-22(2)3/h5-9,11H,4,10,12-13H2,1-3H3,(H2,18,19,20,21). The molecule has 2 N–H and O–H groups in total. The zero-order chi connectivity index (χ0) is 15.8. The molecule has 0 spiro atoms. The maximum absolute atomic E-state index is 4.48. The van der Waals surface area contributed by atoms with Crippen molar-refractivity contribution in [2.24, 2.45) is 0 Å². The predicted octanol–water partition coefficient (Wildman–Crippen LogP) is 2.76. The van der Waals surface area contributed by atoms with E-state index in [1.54, 1.807) is 6.20 Å². The molecule has 0 aliphatic rings. The van der Waals surface area contributed by atoms with Gasteiger partial charge >= 0.3 is 0 Å². The van der Waals surface area contributed by atoms with Crippen LogP contribution in [0, 0.1) is 6.92 Å². The van der Waals surface area contributed by atoms with Crippen molar-refractivity contribution in [1.82, 2.24) is 14.9 Å². The second-order valence-corrected chi connectivity index (χ2v) is 5.69. The van der Waals surface area contributed by atoms with E-state index in [9.17, 15) is 0 Å². The lowest BCUT2D eigenvalue weighted by atomic mass is 10.1. The average molecular weight is 299 g/mol. The van der Waals surface area contributed by atoms with Crippen LogP contribution >= 0.6 is 0 Å². The highest BCUT2D eigenvalue weighted by molar-refractivity contribution is 5.40. The van der Waals surface area contributed by atoms with Gasteiger partial charge in [-0.2, -0.15) is 4.98 Å². The first-order valence-corrected chi connectivity index (χ1v) is 7.64. The molecule has 0 radical (unpaired) electrons. The van der Waals surface area contributed by atoms with E-state index in [4.69, 9.17) is 0 Å². The maximum Gasteiger partial charge on any atom is 0.224 e. The van der Waals surface area contributed by atoms with E-state index in [1.807, 2.05) is 6.07 Å². The van der Waals surface area contributed by atoms with Crippen molar-refractivity contribution in [2.75, 3.05) is 37.8 Å². The highest BCUT2D eigenvalue weighted by atomic mass is 15.1. The van der Waals surface area contributed by atoms with Crippen molar-refractivity contribution < 1.29 is 0 Å². The van der Waals surface area contributed by atoms with Crippen LogP contribution in [-0.2, 0) is 6.54 Å². The molecule has 118 valence electrons. The molecule has 0 amide bonds. The van der Waals surface area contributed by atoms with Crippen molar-refractivity contribution in [3.8, 4) is 0 Å². The number of benzene rings is 1. The fourth-order valence-electron chi connectivity index (χ4n) is 2.04. The molecule has 0 saturated carbocycles. The first-order valence-electron chi connectivity index (χ1n) is 7.64. The lowest BCUT2D eigenvalue weighted by Gasteiger charge is -2.11. The van der Waals surface area contributed by atoms with Crippen LogP contribution < -0.4 is 10.6 Å². The Bertz CT molecular complexity index is 566. The summed E-state index contributed by atoms with van der Waals surface area (Å²) in [6.07, 6.45) is 2.84. The molecule has 0 bridgehead atoms. The van der Waals surface area contributed by atoms with Gasteiger partial charge in [-0.15, -0.1) is 0 Å². The van der Waals surface area contributed by atoms with E-state index >= 15 is 0 Å². The van der Waals surface area contributed by atoms with Gasteiger partial charge in [-0.25, -0.2) is 4.98 Å². The molecule has 1 aromatic heterocycles. The van der Waals surface area contributed by atoms with Crippen LogP contribution in [0.15, 0.2) is 36.5 Å². The van der Waals surface area contributed by atoms with Crippen LogP contribution in [0.25, 0.3) is 0 Å². The van der Waals surface area contributed by atoms with Crippen LogP contribution in [0.2, 0.25) is 0 Å². The lowest BCUT2D eigenvalue weighted by molar-refractivity contribution is 0.405. The third kappa shape index (κ3) is 5.69. The van der Waals surface area contributed by atoms with E-state index < -0.39 is 0 Å². The normalized spacial score (nSPS) is 10.7. The number of aryl methyl sites for hydroxylation is 1. The number of nitrogens with zero attached hydrogens (tertiary/aromatic N) is 3. The predicted molar refractivity (Wildman–Crippen MR) is 92.2 cm³/mol. The maximum atomic E-state index is 4.48. The summed E-state index contributed by atoms with van der Waals surface area (Å²) in [6, 6.07) is 10.4. The molecule has 0 saturated heterocycles. The largest absolute Gasteiger partial charge is 0.366 e. The van der Waals surface area contributed by atoms with Gasteiger partial charge in [0.2, 0.25) is 5.95 Å². The molecule has 2 rings (SSSR count). The molecular formula is C17H25N5. The number of hydrogen-bond acceptors (Lipinski definition) is 5. The summed E-state index contributed by atoms with van der Waals surface area (Å²) in [5, 5.41) is 6.59. The molecule has 0 atom stereocenters. The number of rotatable bonds is 8. The summed E-state index contributed by atoms with van der Waals surface area (Å²) < 4.78 is 0. The smallest absolute Gasteiger partial charge is 0.224 e. The molecule has 1 aromatic carbocycles. The number of nitrogens with one attached hydrogen (secondary N) is 2. The van der Waals surface area contributed by atoms with E-state index in [1.165, 1.54) is 11.1 Å². The average Bonchev–Trinajstić information content (AvgIpc) is 2.51. The minimum Gasteiger partial charge on any atom is -0.366 e. The summed E-state index contributed by atoms with van der Waals surface area (Å²) in [6.45, 7) is 4.78. The van der Waals surface area contributed by atoms with Gasteiger partial charge < -0.3 is 15.5 Å². The number of hydrogen-bond donors (Lipinski definition) is 2. The van der Waals surface area contributed by atoms with Gasteiger partial charge in [-0.1, -0.05) is 29.8 Å². The Morgan fingerprint density at radius 3 is 2.55 bits per heavy atom. The van der Waals surface area contributed by atoms with Gasteiger partial charge in [-0.05, 0) is 45.6 Å². The summed E-state index contributed by atoms with van der Waals surface area (Å²) in [4.78, 5) is 10.9. The summed E-state index contributed by atoms with van der Waals surface area (Å²) in [7, 11) is 4.15. The Hall–Kier alpha value is -2.14. The third-order valence-electron chi connectivity index (χ3n) is 3.32. The summed E-state index contributed by atoms with van der Waals surface area (Å²) >= 11 is 0. The third-order valence-corrected chi connectivity index (χ3v) is 3.32. The highest BCUT2D eigenvalue weighted by Crippen LogP contribution is 2.09. The second-order valence-electron chi connectivity index (χ2n) is 5.69. The van der Waals surface area contributed by atoms with Crippen molar-refractivity contribution in [2.45, 2.75) is 19.9 Å². The molecule has 0 unspecified atom stereocenters. The first kappa shape index (κ1) is 16.2. The van der Waals surface area contributed by atoms with E-state index in [0.717, 1.165) is 31.9 Å². The molecule has 1 heterocycles. The van der Waals surface area contributed by atoms with Gasteiger partial charge in [-0.3, -0.25) is 0 Å². The van der Waals surface area contributed by atoms with Gasteiger partial charge in [0.05, 0.1) is 0 Å². The van der Waals surface area contributed by atoms with Crippen LogP contribution in [0.4, 0.5) is 11.8 Å². The quantitative estimate of drug-likeness (QED) is 0.734. The molecule has 0 aliphatic heterocycles. The topological polar surface area (TPSA) is 53.1 Å². The zero-order valence-electron chi connectivity index (χ0n) is 13.6. The van der Waals surface area contributed by atoms with Gasteiger partial charge in [0, 0.05) is 19.3 Å². The van der Waals surface area contributed by atoms with Crippen molar-refractivity contribution in [1.29, 1.82) is 0 Å². The number of anilines is 2. The Kier molecular flexibility index (Phi) is 6.15. The van der Waals surface area contributed by atoms with Crippen molar-refractivity contribution >= 4 is 11.8 Å². The minimum atomic E-state index is 0.674. The Morgan fingerprint density at radius 2 is 1.82 bits per heavy atom. The molecule has 5 nitrogen and oxygen atoms in total. The van der Waals surface area contributed by atoms with Crippen LogP contribution in [-0.4, -0.2) is 42.1 Å². The number of aromatic nitrogens is 2. The Morgan fingerprint density at radius 1 is 1.05 bits per heavy atom. The fraction of sp³-hybridized carbons (Fsp3) is 0.412. The minimum absolute atomic E-state index is 0.674. The summed E-state index contributed by atoms with van der Waals surface area (Å²) in [5.74, 6) is 1.51. The SMILES string of the molecule is Cc1ccc(CNc2ccnc(NCCCN(C)C)n2)cc1.